The van der Waals surface area contributed by atoms with Crippen LogP contribution in [0.5, 0.6) is 0 Å². The van der Waals surface area contributed by atoms with Gasteiger partial charge in [-0.25, -0.2) is 4.98 Å². The summed E-state index contributed by atoms with van der Waals surface area (Å²) in [6.07, 6.45) is 2.11. The van der Waals surface area contributed by atoms with Crippen molar-refractivity contribution in [3.05, 3.63) is 5.69 Å². The second-order valence-electron chi connectivity index (χ2n) is 5.34. The zero-order valence-electron chi connectivity index (χ0n) is 13.2. The van der Waals surface area contributed by atoms with Gasteiger partial charge in [-0.3, -0.25) is 14.0 Å². The number of anilines is 1. The van der Waals surface area contributed by atoms with E-state index in [1.807, 2.05) is 32.4 Å². The molecule has 0 aliphatic heterocycles. The van der Waals surface area contributed by atoms with Crippen LogP contribution < -0.4 is 11.1 Å². The molecule has 0 saturated heterocycles. The Morgan fingerprint density at radius 1 is 1.43 bits per heavy atom. The van der Waals surface area contributed by atoms with E-state index in [9.17, 15) is 4.79 Å². The largest absolute Gasteiger partial charge is 0.369 e. The smallest absolute Gasteiger partial charge is 0.222 e. The van der Waals surface area contributed by atoms with Gasteiger partial charge in [0, 0.05) is 26.1 Å². The Labute approximate surface area is 124 Å². The zero-order valence-corrected chi connectivity index (χ0v) is 13.2. The van der Waals surface area contributed by atoms with Crippen LogP contribution in [0.2, 0.25) is 0 Å². The van der Waals surface area contributed by atoms with Gasteiger partial charge in [0.2, 0.25) is 11.9 Å². The van der Waals surface area contributed by atoms with Gasteiger partial charge in [-0.1, -0.05) is 13.8 Å². The molecule has 0 spiro atoms. The van der Waals surface area contributed by atoms with Crippen molar-refractivity contribution in [3.63, 3.8) is 0 Å². The minimum absolute atomic E-state index is 0.0310. The van der Waals surface area contributed by atoms with Crippen LogP contribution >= 0.6 is 0 Å². The molecule has 0 aromatic carbocycles. The topological polar surface area (TPSA) is 90.8 Å². The zero-order chi connectivity index (χ0) is 15.6. The predicted molar refractivity (Wildman–Crippen MR) is 82.8 cm³/mol. The van der Waals surface area contributed by atoms with Crippen molar-refractivity contribution in [2.24, 2.45) is 7.05 Å². The van der Waals surface area contributed by atoms with E-state index >= 15 is 0 Å². The number of nitrogen functional groups attached to an aromatic ring is 1. The van der Waals surface area contributed by atoms with Crippen molar-refractivity contribution in [3.8, 4) is 0 Å². The first-order valence-corrected chi connectivity index (χ1v) is 7.44. The molecular weight excluding hydrogens is 268 g/mol. The molecule has 0 aliphatic carbocycles. The number of hydrogen-bond donors (Lipinski definition) is 2. The number of fused-ring (bicyclic) bond motifs is 1. The maximum atomic E-state index is 11.9. The van der Waals surface area contributed by atoms with Crippen molar-refractivity contribution in [1.29, 1.82) is 0 Å². The molecule has 1 unspecified atom stereocenters. The van der Waals surface area contributed by atoms with Crippen LogP contribution in [0.3, 0.4) is 0 Å². The maximum Gasteiger partial charge on any atom is 0.222 e. The summed E-state index contributed by atoms with van der Waals surface area (Å²) >= 11 is 0. The van der Waals surface area contributed by atoms with E-state index in [4.69, 9.17) is 5.73 Å². The number of rotatable bonds is 6. The van der Waals surface area contributed by atoms with Gasteiger partial charge >= 0.3 is 0 Å². The summed E-state index contributed by atoms with van der Waals surface area (Å²) in [5.74, 6) is 0.465. The molecular formula is C14H24N6O. The number of nitrogens with two attached hydrogens (primary N) is 1. The van der Waals surface area contributed by atoms with Crippen LogP contribution in [0, 0.1) is 0 Å². The van der Waals surface area contributed by atoms with Gasteiger partial charge in [-0.05, 0) is 19.8 Å². The maximum absolute atomic E-state index is 11.9. The number of nitrogens with zero attached hydrogens (tertiary/aromatic N) is 4. The fourth-order valence-electron chi connectivity index (χ4n) is 2.38. The van der Waals surface area contributed by atoms with Gasteiger partial charge in [0.15, 0.2) is 5.65 Å². The Morgan fingerprint density at radius 2 is 2.14 bits per heavy atom. The summed E-state index contributed by atoms with van der Waals surface area (Å²) in [5, 5.41) is 7.39. The predicted octanol–water partition coefficient (Wildman–Crippen LogP) is 1.22. The van der Waals surface area contributed by atoms with E-state index in [0.29, 0.717) is 18.9 Å². The summed E-state index contributed by atoms with van der Waals surface area (Å²) in [6.45, 7) is 6.59. The van der Waals surface area contributed by atoms with Gasteiger partial charge in [0.05, 0.1) is 5.69 Å². The molecule has 7 heteroatoms. The Morgan fingerprint density at radius 3 is 2.76 bits per heavy atom. The third-order valence-electron chi connectivity index (χ3n) is 3.74. The molecule has 7 nitrogen and oxygen atoms in total. The highest BCUT2D eigenvalue weighted by Crippen LogP contribution is 2.21. The lowest BCUT2D eigenvalue weighted by atomic mass is 10.2. The minimum atomic E-state index is 0.0310. The monoisotopic (exact) mass is 292 g/mol. The van der Waals surface area contributed by atoms with E-state index in [0.717, 1.165) is 29.7 Å². The summed E-state index contributed by atoms with van der Waals surface area (Å²) in [4.78, 5) is 16.3. The van der Waals surface area contributed by atoms with Crippen molar-refractivity contribution in [2.45, 2.75) is 52.6 Å². The highest BCUT2D eigenvalue weighted by Gasteiger charge is 2.17. The van der Waals surface area contributed by atoms with E-state index in [1.54, 1.807) is 4.68 Å². The molecule has 21 heavy (non-hydrogen) atoms. The lowest BCUT2D eigenvalue weighted by Gasteiger charge is -2.12. The number of carbonyl (C=O) groups is 1. The Bertz CT molecular complexity index is 641. The molecule has 2 rings (SSSR count). The quantitative estimate of drug-likeness (QED) is 0.837. The van der Waals surface area contributed by atoms with E-state index < -0.39 is 0 Å². The molecule has 0 radical (unpaired) electrons. The molecule has 116 valence electrons. The first-order valence-electron chi connectivity index (χ1n) is 7.44. The fourth-order valence-corrected chi connectivity index (χ4v) is 2.38. The molecule has 0 aliphatic rings. The van der Waals surface area contributed by atoms with Crippen molar-refractivity contribution < 1.29 is 4.79 Å². The molecule has 1 atom stereocenters. The molecule has 0 saturated carbocycles. The second kappa shape index (κ2) is 6.15. The standard InChI is InChI=1S/C14H24N6O/c1-5-9(3)16-11(21)7-8-20-13-12(17-14(20)15)10(6-2)18-19(13)4/h9H,5-8H2,1-4H3,(H2,15,17)(H,16,21). The highest BCUT2D eigenvalue weighted by molar-refractivity contribution is 5.79. The van der Waals surface area contributed by atoms with Crippen LogP contribution in [-0.4, -0.2) is 31.3 Å². The van der Waals surface area contributed by atoms with Gasteiger partial charge < -0.3 is 11.1 Å². The highest BCUT2D eigenvalue weighted by atomic mass is 16.1. The van der Waals surface area contributed by atoms with Gasteiger partial charge in [0.25, 0.3) is 0 Å². The van der Waals surface area contributed by atoms with Gasteiger partial charge in [-0.15, -0.1) is 0 Å². The van der Waals surface area contributed by atoms with Crippen LogP contribution in [0.15, 0.2) is 0 Å². The number of aryl methyl sites for hydroxylation is 3. The first kappa shape index (κ1) is 15.3. The van der Waals surface area contributed by atoms with E-state index in [-0.39, 0.29) is 11.9 Å². The first-order chi connectivity index (χ1) is 9.97. The Kier molecular flexibility index (Phi) is 4.50. The lowest BCUT2D eigenvalue weighted by molar-refractivity contribution is -0.121. The molecule has 0 fully saturated rings. The van der Waals surface area contributed by atoms with E-state index in [1.165, 1.54) is 0 Å². The summed E-state index contributed by atoms with van der Waals surface area (Å²) in [5.41, 5.74) is 8.62. The van der Waals surface area contributed by atoms with Crippen LogP contribution in [0.1, 0.15) is 39.3 Å². The third-order valence-corrected chi connectivity index (χ3v) is 3.74. The van der Waals surface area contributed by atoms with Crippen molar-refractivity contribution in [1.82, 2.24) is 24.6 Å². The second-order valence-corrected chi connectivity index (χ2v) is 5.34. The number of nitrogens with one attached hydrogen (secondary N) is 1. The molecule has 2 aromatic rings. The number of hydrogen-bond acceptors (Lipinski definition) is 4. The third kappa shape index (κ3) is 3.01. The molecule has 0 bridgehead atoms. The summed E-state index contributed by atoms with van der Waals surface area (Å²) in [7, 11) is 1.87. The minimum Gasteiger partial charge on any atom is -0.369 e. The van der Waals surface area contributed by atoms with Crippen LogP contribution in [0.4, 0.5) is 5.95 Å². The molecule has 1 amide bonds. The van der Waals surface area contributed by atoms with Gasteiger partial charge in [0.1, 0.15) is 5.52 Å². The summed E-state index contributed by atoms with van der Waals surface area (Å²) < 4.78 is 3.64. The molecule has 2 aromatic heterocycles. The van der Waals surface area contributed by atoms with Crippen molar-refractivity contribution >= 4 is 23.0 Å². The lowest BCUT2D eigenvalue weighted by Crippen LogP contribution is -2.32. The average molecular weight is 292 g/mol. The average Bonchev–Trinajstić information content (AvgIpc) is 2.93. The fraction of sp³-hybridized carbons (Fsp3) is 0.643. The van der Waals surface area contributed by atoms with Crippen LogP contribution in [-0.2, 0) is 24.8 Å². The number of imidazole rings is 1. The van der Waals surface area contributed by atoms with Gasteiger partial charge in [-0.2, -0.15) is 5.10 Å². The Balaban J connectivity index is 2.17. The van der Waals surface area contributed by atoms with Crippen molar-refractivity contribution in [2.75, 3.05) is 5.73 Å². The number of aromatic nitrogens is 4. The number of carbonyl (C=O) groups excluding carboxylic acids is 1. The van der Waals surface area contributed by atoms with E-state index in [2.05, 4.69) is 15.4 Å². The SMILES string of the molecule is CCc1nn(C)c2c1nc(N)n2CCC(=O)NC(C)CC. The number of amides is 1. The molecule has 3 N–H and O–H groups in total. The summed E-state index contributed by atoms with van der Waals surface area (Å²) in [6, 6.07) is 0.195. The molecule has 2 heterocycles. The van der Waals surface area contributed by atoms with Crippen LogP contribution in [0.25, 0.3) is 11.2 Å². The normalized spacial score (nSPS) is 12.8. The Hall–Kier alpha value is -2.05.